The maximum absolute atomic E-state index is 13.3. The van der Waals surface area contributed by atoms with Gasteiger partial charge in [0.25, 0.3) is 0 Å². The molecule has 1 heterocycles. The molecule has 0 aliphatic rings. The molecule has 194 valence electrons. The van der Waals surface area contributed by atoms with Crippen LogP contribution in [0.15, 0.2) is 77.7 Å². The summed E-state index contributed by atoms with van der Waals surface area (Å²) in [6, 6.07) is 16.4. The lowest BCUT2D eigenvalue weighted by molar-refractivity contribution is -0.136. The van der Waals surface area contributed by atoms with E-state index in [-0.39, 0.29) is 17.3 Å². The second-order valence-electron chi connectivity index (χ2n) is 8.39. The molecule has 2 N–H and O–H groups in total. The van der Waals surface area contributed by atoms with E-state index in [1.807, 2.05) is 4.57 Å². The van der Waals surface area contributed by atoms with Crippen molar-refractivity contribution in [1.29, 1.82) is 0 Å². The summed E-state index contributed by atoms with van der Waals surface area (Å²) >= 11 is 0. The van der Waals surface area contributed by atoms with Crippen LogP contribution in [0.2, 0.25) is 0 Å². The van der Waals surface area contributed by atoms with E-state index in [0.717, 1.165) is 17.7 Å². The molecule has 0 aliphatic heterocycles. The van der Waals surface area contributed by atoms with Gasteiger partial charge in [-0.25, -0.2) is 17.6 Å². The van der Waals surface area contributed by atoms with E-state index in [0.29, 0.717) is 23.1 Å². The van der Waals surface area contributed by atoms with Crippen LogP contribution in [0.25, 0.3) is 10.9 Å². The van der Waals surface area contributed by atoms with E-state index in [1.54, 1.807) is 43.3 Å². The fourth-order valence-corrected chi connectivity index (χ4v) is 5.82. The third kappa shape index (κ3) is 5.77. The number of aromatic nitrogens is 1. The summed E-state index contributed by atoms with van der Waals surface area (Å²) in [5, 5.41) is 4.95. The molecule has 11 heteroatoms. The van der Waals surface area contributed by atoms with E-state index < -0.39 is 39.0 Å². The summed E-state index contributed by atoms with van der Waals surface area (Å²) in [6.45, 7) is 1.67. The number of rotatable bonds is 7. The number of carbonyl (C=O) groups excluding carboxylic acids is 1. The Hall–Kier alpha value is -3.86. The van der Waals surface area contributed by atoms with Gasteiger partial charge in [-0.2, -0.15) is 13.2 Å². The van der Waals surface area contributed by atoms with Gasteiger partial charge in [0.15, 0.2) is 9.84 Å². The first-order valence-electron chi connectivity index (χ1n) is 11.2. The maximum Gasteiger partial charge on any atom is 0.418 e. The van der Waals surface area contributed by atoms with Crippen molar-refractivity contribution < 1.29 is 30.8 Å². The molecule has 0 radical (unpaired) electrons. The Morgan fingerprint density at radius 1 is 0.946 bits per heavy atom. The Labute approximate surface area is 210 Å². The molecule has 0 aliphatic carbocycles. The largest absolute Gasteiger partial charge is 0.418 e. The average Bonchev–Trinajstić information content (AvgIpc) is 3.12. The van der Waals surface area contributed by atoms with Gasteiger partial charge in [-0.15, -0.1) is 0 Å². The molecule has 0 saturated heterocycles. The highest BCUT2D eigenvalue weighted by molar-refractivity contribution is 7.91. The zero-order valence-electron chi connectivity index (χ0n) is 19.6. The first kappa shape index (κ1) is 26.2. The SMILES string of the molecule is Cc1c(S(=O)(=O)CCNC(=O)Nc2ccccc2C(F)(F)F)c2ccccc2n1Cc1ccc(F)cc1. The monoisotopic (exact) mass is 533 g/mol. The summed E-state index contributed by atoms with van der Waals surface area (Å²) in [5.41, 5.74) is 0.496. The Kier molecular flexibility index (Phi) is 7.26. The number of nitrogens with one attached hydrogen (secondary N) is 2. The van der Waals surface area contributed by atoms with Crippen LogP contribution >= 0.6 is 0 Å². The topological polar surface area (TPSA) is 80.2 Å². The molecule has 4 aromatic rings. The van der Waals surface area contributed by atoms with Crippen LogP contribution in [0.4, 0.5) is 28.0 Å². The number of carbonyl (C=O) groups is 1. The van der Waals surface area contributed by atoms with Gasteiger partial charge < -0.3 is 15.2 Å². The predicted octanol–water partition coefficient (Wildman–Crippen LogP) is 5.75. The molecule has 0 spiro atoms. The lowest BCUT2D eigenvalue weighted by Gasteiger charge is -2.14. The van der Waals surface area contributed by atoms with E-state index >= 15 is 0 Å². The summed E-state index contributed by atoms with van der Waals surface area (Å²) < 4.78 is 81.2. The van der Waals surface area contributed by atoms with Crippen molar-refractivity contribution in [2.75, 3.05) is 17.6 Å². The third-order valence-corrected chi connectivity index (χ3v) is 7.75. The summed E-state index contributed by atoms with van der Waals surface area (Å²) in [5.74, 6) is -0.841. The van der Waals surface area contributed by atoms with Gasteiger partial charge in [-0.05, 0) is 42.8 Å². The van der Waals surface area contributed by atoms with Crippen LogP contribution in [0.5, 0.6) is 0 Å². The number of para-hydroxylation sites is 2. The molecule has 37 heavy (non-hydrogen) atoms. The Morgan fingerprint density at radius 2 is 1.59 bits per heavy atom. The fraction of sp³-hybridized carbons (Fsp3) is 0.192. The molecule has 0 atom stereocenters. The Morgan fingerprint density at radius 3 is 2.30 bits per heavy atom. The van der Waals surface area contributed by atoms with E-state index in [4.69, 9.17) is 0 Å². The number of sulfone groups is 1. The third-order valence-electron chi connectivity index (χ3n) is 5.87. The van der Waals surface area contributed by atoms with Gasteiger partial charge in [0, 0.05) is 29.7 Å². The van der Waals surface area contributed by atoms with E-state index in [2.05, 4.69) is 10.6 Å². The highest BCUT2D eigenvalue weighted by atomic mass is 32.2. The van der Waals surface area contributed by atoms with Gasteiger partial charge in [0.1, 0.15) is 5.82 Å². The van der Waals surface area contributed by atoms with Gasteiger partial charge in [-0.3, -0.25) is 0 Å². The normalized spacial score (nSPS) is 12.0. The molecular formula is C26H23F4N3O3S. The smallest absolute Gasteiger partial charge is 0.339 e. The van der Waals surface area contributed by atoms with E-state index in [9.17, 15) is 30.8 Å². The van der Waals surface area contributed by atoms with Crippen molar-refractivity contribution >= 4 is 32.5 Å². The summed E-state index contributed by atoms with van der Waals surface area (Å²) in [4.78, 5) is 12.3. The van der Waals surface area contributed by atoms with Crippen LogP contribution in [-0.2, 0) is 22.6 Å². The van der Waals surface area contributed by atoms with Crippen molar-refractivity contribution in [3.63, 3.8) is 0 Å². The standard InChI is InChI=1S/C26H23F4N3O3S/c1-17-24(20-6-2-5-9-23(20)33(17)16-18-10-12-19(27)13-11-18)37(35,36)15-14-31-25(34)32-22-8-4-3-7-21(22)26(28,29)30/h2-13H,14-16H2,1H3,(H2,31,32,34). The second kappa shape index (κ2) is 10.3. The molecule has 2 amide bonds. The zero-order valence-corrected chi connectivity index (χ0v) is 20.5. The average molecular weight is 534 g/mol. The highest BCUT2D eigenvalue weighted by Gasteiger charge is 2.33. The first-order valence-corrected chi connectivity index (χ1v) is 12.9. The summed E-state index contributed by atoms with van der Waals surface area (Å²) in [7, 11) is -3.90. The zero-order chi connectivity index (χ0) is 26.8. The summed E-state index contributed by atoms with van der Waals surface area (Å²) in [6.07, 6.45) is -4.66. The molecule has 0 bridgehead atoms. The first-order chi connectivity index (χ1) is 17.5. The molecule has 6 nitrogen and oxygen atoms in total. The van der Waals surface area contributed by atoms with E-state index in [1.165, 1.54) is 24.3 Å². The van der Waals surface area contributed by atoms with Crippen LogP contribution < -0.4 is 10.6 Å². The second-order valence-corrected chi connectivity index (χ2v) is 10.4. The van der Waals surface area contributed by atoms with Crippen LogP contribution in [0.3, 0.4) is 0 Å². The van der Waals surface area contributed by atoms with Crippen LogP contribution in [0, 0.1) is 12.7 Å². The molecule has 0 fully saturated rings. The number of fused-ring (bicyclic) bond motifs is 1. The molecular weight excluding hydrogens is 510 g/mol. The Balaban J connectivity index is 1.52. The van der Waals surface area contributed by atoms with Crippen molar-refractivity contribution in [2.45, 2.75) is 24.5 Å². The minimum atomic E-state index is -4.66. The van der Waals surface area contributed by atoms with Gasteiger partial charge in [0.2, 0.25) is 0 Å². The number of alkyl halides is 3. The van der Waals surface area contributed by atoms with Crippen LogP contribution in [0.1, 0.15) is 16.8 Å². The number of halogens is 4. The number of hydrogen-bond acceptors (Lipinski definition) is 3. The number of nitrogens with zero attached hydrogens (tertiary/aromatic N) is 1. The minimum absolute atomic E-state index is 0.106. The van der Waals surface area contributed by atoms with Gasteiger partial charge in [-0.1, -0.05) is 42.5 Å². The number of anilines is 1. The lowest BCUT2D eigenvalue weighted by atomic mass is 10.1. The quantitative estimate of drug-likeness (QED) is 0.297. The van der Waals surface area contributed by atoms with Gasteiger partial charge in [0.05, 0.1) is 21.9 Å². The lowest BCUT2D eigenvalue weighted by Crippen LogP contribution is -2.33. The number of amides is 2. The maximum atomic E-state index is 13.3. The molecule has 4 rings (SSSR count). The number of benzene rings is 3. The fourth-order valence-electron chi connectivity index (χ4n) is 4.17. The molecule has 0 saturated carbocycles. The predicted molar refractivity (Wildman–Crippen MR) is 133 cm³/mol. The molecule has 0 unspecified atom stereocenters. The molecule has 3 aromatic carbocycles. The number of urea groups is 1. The Bertz CT molecular complexity index is 1550. The van der Waals surface area contributed by atoms with Gasteiger partial charge >= 0.3 is 12.2 Å². The van der Waals surface area contributed by atoms with Crippen molar-refractivity contribution in [3.8, 4) is 0 Å². The van der Waals surface area contributed by atoms with Crippen LogP contribution in [-0.4, -0.2) is 31.3 Å². The van der Waals surface area contributed by atoms with Crippen molar-refractivity contribution in [2.24, 2.45) is 0 Å². The minimum Gasteiger partial charge on any atom is -0.339 e. The number of hydrogen-bond donors (Lipinski definition) is 2. The van der Waals surface area contributed by atoms with Crippen molar-refractivity contribution in [3.05, 3.63) is 95.4 Å². The molecule has 1 aromatic heterocycles. The highest BCUT2D eigenvalue weighted by Crippen LogP contribution is 2.34. The van der Waals surface area contributed by atoms with Crippen molar-refractivity contribution in [1.82, 2.24) is 9.88 Å².